The highest BCUT2D eigenvalue weighted by Gasteiger charge is 2.15. The summed E-state index contributed by atoms with van der Waals surface area (Å²) in [6, 6.07) is 2.23. The van der Waals surface area contributed by atoms with E-state index in [1.807, 2.05) is 10.9 Å². The van der Waals surface area contributed by atoms with Crippen LogP contribution >= 0.6 is 0 Å². The summed E-state index contributed by atoms with van der Waals surface area (Å²) in [5, 5.41) is 7.47. The van der Waals surface area contributed by atoms with Gasteiger partial charge in [0.2, 0.25) is 0 Å². The van der Waals surface area contributed by atoms with Gasteiger partial charge in [0, 0.05) is 6.20 Å². The van der Waals surface area contributed by atoms with Crippen LogP contribution in [0.25, 0.3) is 0 Å². The number of hydrogen-bond acceptors (Lipinski definition) is 3. The van der Waals surface area contributed by atoms with Crippen LogP contribution in [-0.4, -0.2) is 29.2 Å². The molecule has 1 N–H and O–H groups in total. The molecule has 70 valence electrons. The Morgan fingerprint density at radius 3 is 2.92 bits per heavy atom. The van der Waals surface area contributed by atoms with Gasteiger partial charge < -0.3 is 5.32 Å². The van der Waals surface area contributed by atoms with Crippen LogP contribution in [-0.2, 0) is 0 Å². The zero-order valence-electron chi connectivity index (χ0n) is 7.44. The molecule has 4 heteroatoms. The lowest BCUT2D eigenvalue weighted by atomic mass is 10.1. The fourth-order valence-electron chi connectivity index (χ4n) is 1.69. The zero-order valence-corrected chi connectivity index (χ0v) is 7.44. The van der Waals surface area contributed by atoms with Crippen LogP contribution in [0.4, 0.5) is 0 Å². The molecule has 0 saturated carbocycles. The number of nitrogens with zero attached hydrogens (tertiary/aromatic N) is 2. The molecule has 1 aromatic heterocycles. The van der Waals surface area contributed by atoms with Crippen molar-refractivity contribution < 1.29 is 4.79 Å². The summed E-state index contributed by atoms with van der Waals surface area (Å²) in [4.78, 5) is 10.4. The third kappa shape index (κ3) is 1.78. The Morgan fingerprint density at radius 1 is 1.54 bits per heavy atom. The number of piperidine rings is 1. The van der Waals surface area contributed by atoms with Crippen LogP contribution in [0.15, 0.2) is 12.3 Å². The average molecular weight is 179 g/mol. The molecule has 2 rings (SSSR count). The highest BCUT2D eigenvalue weighted by molar-refractivity contribution is 5.71. The first-order chi connectivity index (χ1) is 6.40. The maximum Gasteiger partial charge on any atom is 0.170 e. The van der Waals surface area contributed by atoms with E-state index in [1.165, 1.54) is 0 Å². The van der Waals surface area contributed by atoms with E-state index >= 15 is 0 Å². The molecule has 1 saturated heterocycles. The summed E-state index contributed by atoms with van der Waals surface area (Å²) in [6.45, 7) is 2.09. The van der Waals surface area contributed by atoms with E-state index in [9.17, 15) is 4.79 Å². The lowest BCUT2D eigenvalue weighted by Crippen LogP contribution is -2.29. The van der Waals surface area contributed by atoms with Crippen molar-refractivity contribution in [2.24, 2.45) is 0 Å². The van der Waals surface area contributed by atoms with Gasteiger partial charge in [-0.2, -0.15) is 5.10 Å². The van der Waals surface area contributed by atoms with E-state index in [0.717, 1.165) is 32.2 Å². The largest absolute Gasteiger partial charge is 0.317 e. The third-order valence-electron chi connectivity index (χ3n) is 2.43. The van der Waals surface area contributed by atoms with E-state index in [4.69, 9.17) is 0 Å². The van der Waals surface area contributed by atoms with Gasteiger partial charge in [-0.25, -0.2) is 0 Å². The van der Waals surface area contributed by atoms with E-state index < -0.39 is 0 Å². The molecule has 0 bridgehead atoms. The van der Waals surface area contributed by atoms with Crippen LogP contribution in [0, 0.1) is 0 Å². The maximum atomic E-state index is 10.4. The predicted molar refractivity (Wildman–Crippen MR) is 48.8 cm³/mol. The molecule has 2 heterocycles. The van der Waals surface area contributed by atoms with Crippen LogP contribution in [0.3, 0.4) is 0 Å². The van der Waals surface area contributed by atoms with Crippen LogP contribution < -0.4 is 5.32 Å². The second-order valence-electron chi connectivity index (χ2n) is 3.32. The molecule has 1 aliphatic heterocycles. The van der Waals surface area contributed by atoms with E-state index in [1.54, 1.807) is 6.07 Å². The molecule has 1 aliphatic rings. The van der Waals surface area contributed by atoms with Crippen molar-refractivity contribution in [1.82, 2.24) is 15.1 Å². The topological polar surface area (TPSA) is 46.9 Å². The van der Waals surface area contributed by atoms with Gasteiger partial charge >= 0.3 is 0 Å². The van der Waals surface area contributed by atoms with Gasteiger partial charge in [-0.05, 0) is 32.0 Å². The van der Waals surface area contributed by atoms with Gasteiger partial charge in [-0.3, -0.25) is 9.48 Å². The Morgan fingerprint density at radius 2 is 2.31 bits per heavy atom. The van der Waals surface area contributed by atoms with Gasteiger partial charge in [-0.1, -0.05) is 0 Å². The number of nitrogens with one attached hydrogen (secondary N) is 1. The first kappa shape index (κ1) is 8.44. The Labute approximate surface area is 76.9 Å². The Balaban J connectivity index is 2.09. The molecule has 0 atom stereocenters. The Kier molecular flexibility index (Phi) is 2.40. The molecule has 1 fully saturated rings. The first-order valence-corrected chi connectivity index (χ1v) is 4.61. The quantitative estimate of drug-likeness (QED) is 0.677. The molecular formula is C9H13N3O. The predicted octanol–water partition coefficient (Wildman–Crippen LogP) is 0.620. The second kappa shape index (κ2) is 3.70. The molecule has 0 spiro atoms. The number of rotatable bonds is 2. The summed E-state index contributed by atoms with van der Waals surface area (Å²) in [7, 11) is 0. The summed E-state index contributed by atoms with van der Waals surface area (Å²) >= 11 is 0. The number of carbonyl (C=O) groups excluding carboxylic acids is 1. The average Bonchev–Trinajstić information content (AvgIpc) is 2.67. The summed E-state index contributed by atoms with van der Waals surface area (Å²) in [5.41, 5.74) is 0.526. The van der Waals surface area contributed by atoms with Crippen molar-refractivity contribution in [1.29, 1.82) is 0 Å². The molecule has 0 aromatic carbocycles. The normalized spacial score (nSPS) is 18.8. The van der Waals surface area contributed by atoms with Crippen LogP contribution in [0.5, 0.6) is 0 Å². The minimum Gasteiger partial charge on any atom is -0.317 e. The van der Waals surface area contributed by atoms with Crippen LogP contribution in [0.2, 0.25) is 0 Å². The number of carbonyl (C=O) groups is 1. The van der Waals surface area contributed by atoms with Gasteiger partial charge in [0.05, 0.1) is 6.04 Å². The standard InChI is InChI=1S/C9H13N3O/c13-7-8-3-6-12(11-8)9-1-4-10-5-2-9/h3,6-7,9-10H,1-2,4-5H2. The van der Waals surface area contributed by atoms with Crippen molar-refractivity contribution in [3.05, 3.63) is 18.0 Å². The molecule has 4 nitrogen and oxygen atoms in total. The van der Waals surface area contributed by atoms with Gasteiger partial charge in [0.25, 0.3) is 0 Å². The summed E-state index contributed by atoms with van der Waals surface area (Å²) in [5.74, 6) is 0. The van der Waals surface area contributed by atoms with Crippen molar-refractivity contribution >= 4 is 6.29 Å². The van der Waals surface area contributed by atoms with Crippen molar-refractivity contribution in [2.75, 3.05) is 13.1 Å². The van der Waals surface area contributed by atoms with Crippen molar-refractivity contribution in [2.45, 2.75) is 18.9 Å². The smallest absolute Gasteiger partial charge is 0.170 e. The highest BCUT2D eigenvalue weighted by atomic mass is 16.1. The third-order valence-corrected chi connectivity index (χ3v) is 2.43. The second-order valence-corrected chi connectivity index (χ2v) is 3.32. The number of aldehydes is 1. The summed E-state index contributed by atoms with van der Waals surface area (Å²) in [6.07, 6.45) is 4.87. The van der Waals surface area contributed by atoms with E-state index in [0.29, 0.717) is 11.7 Å². The van der Waals surface area contributed by atoms with Crippen molar-refractivity contribution in [3.63, 3.8) is 0 Å². The Bertz CT molecular complexity index is 289. The lowest BCUT2D eigenvalue weighted by Gasteiger charge is -2.22. The van der Waals surface area contributed by atoms with E-state index in [-0.39, 0.29) is 0 Å². The first-order valence-electron chi connectivity index (χ1n) is 4.61. The van der Waals surface area contributed by atoms with Crippen LogP contribution in [0.1, 0.15) is 29.4 Å². The minimum absolute atomic E-state index is 0.468. The maximum absolute atomic E-state index is 10.4. The lowest BCUT2D eigenvalue weighted by molar-refractivity contribution is 0.111. The fourth-order valence-corrected chi connectivity index (χ4v) is 1.69. The number of aromatic nitrogens is 2. The van der Waals surface area contributed by atoms with Crippen molar-refractivity contribution in [3.8, 4) is 0 Å². The molecule has 13 heavy (non-hydrogen) atoms. The molecule has 1 aromatic rings. The SMILES string of the molecule is O=Cc1ccn(C2CCNCC2)n1. The van der Waals surface area contributed by atoms with Gasteiger partial charge in [-0.15, -0.1) is 0 Å². The van der Waals surface area contributed by atoms with Gasteiger partial charge in [0.15, 0.2) is 6.29 Å². The molecule has 0 unspecified atom stereocenters. The van der Waals surface area contributed by atoms with E-state index in [2.05, 4.69) is 10.4 Å². The monoisotopic (exact) mass is 179 g/mol. The number of hydrogen-bond donors (Lipinski definition) is 1. The Hall–Kier alpha value is -1.16. The molecule has 0 radical (unpaired) electrons. The highest BCUT2D eigenvalue weighted by Crippen LogP contribution is 2.16. The summed E-state index contributed by atoms with van der Waals surface area (Å²) < 4.78 is 1.91. The van der Waals surface area contributed by atoms with Gasteiger partial charge in [0.1, 0.15) is 5.69 Å². The molecular weight excluding hydrogens is 166 g/mol. The zero-order chi connectivity index (χ0) is 9.10. The minimum atomic E-state index is 0.468. The fraction of sp³-hybridized carbons (Fsp3) is 0.556. The molecule has 0 aliphatic carbocycles. The molecule has 0 amide bonds.